The lowest BCUT2D eigenvalue weighted by Crippen LogP contribution is -2.25. The largest absolute Gasteiger partial charge is 0.481 e. The summed E-state index contributed by atoms with van der Waals surface area (Å²) >= 11 is 0. The highest BCUT2D eigenvalue weighted by Crippen LogP contribution is 2.38. The van der Waals surface area contributed by atoms with Crippen LogP contribution in [0.5, 0.6) is 0 Å². The van der Waals surface area contributed by atoms with Crippen molar-refractivity contribution in [1.29, 1.82) is 0 Å². The Kier molecular flexibility index (Phi) is 3.99. The van der Waals surface area contributed by atoms with Crippen LogP contribution >= 0.6 is 0 Å². The number of hydrogen-bond acceptors (Lipinski definition) is 4. The molecule has 18 heavy (non-hydrogen) atoms. The Hall–Kier alpha value is -1.39. The van der Waals surface area contributed by atoms with Crippen LogP contribution in [-0.2, 0) is 16.6 Å². The first kappa shape index (κ1) is 13.1. The van der Waals surface area contributed by atoms with Gasteiger partial charge in [0.05, 0.1) is 0 Å². The van der Waals surface area contributed by atoms with Gasteiger partial charge >= 0.3 is 5.97 Å². The van der Waals surface area contributed by atoms with E-state index in [1.807, 2.05) is 0 Å². The zero-order chi connectivity index (χ0) is 13.0. The Bertz CT molecular complexity index is 408. The standard InChI is InChI=1S/C13H20N2O3/c1-13(8-3-2-4-9-13)12-15-14-10(18-12)6-5-7-11(16)17/h2-9H2,1H3,(H,16,17). The van der Waals surface area contributed by atoms with E-state index < -0.39 is 5.97 Å². The fourth-order valence-corrected chi connectivity index (χ4v) is 2.54. The van der Waals surface area contributed by atoms with Crippen molar-refractivity contribution in [3.8, 4) is 0 Å². The molecule has 5 heteroatoms. The van der Waals surface area contributed by atoms with Gasteiger partial charge in [-0.05, 0) is 19.3 Å². The second-order valence-electron chi connectivity index (χ2n) is 5.37. The van der Waals surface area contributed by atoms with Crippen LogP contribution in [0.4, 0.5) is 0 Å². The molecular weight excluding hydrogens is 232 g/mol. The van der Waals surface area contributed by atoms with Gasteiger partial charge in [-0.2, -0.15) is 0 Å². The minimum absolute atomic E-state index is 0.0241. The summed E-state index contributed by atoms with van der Waals surface area (Å²) in [6.07, 6.45) is 7.17. The van der Waals surface area contributed by atoms with Crippen molar-refractivity contribution in [2.45, 2.75) is 63.7 Å². The quantitative estimate of drug-likeness (QED) is 0.871. The number of carbonyl (C=O) groups is 1. The second kappa shape index (κ2) is 5.50. The first-order valence-corrected chi connectivity index (χ1v) is 6.65. The molecule has 1 aliphatic rings. The molecule has 0 saturated heterocycles. The molecule has 1 aliphatic carbocycles. The lowest BCUT2D eigenvalue weighted by Gasteiger charge is -2.29. The Morgan fingerprint density at radius 1 is 1.33 bits per heavy atom. The van der Waals surface area contributed by atoms with E-state index in [-0.39, 0.29) is 11.8 Å². The van der Waals surface area contributed by atoms with Crippen molar-refractivity contribution >= 4 is 5.97 Å². The van der Waals surface area contributed by atoms with E-state index >= 15 is 0 Å². The minimum Gasteiger partial charge on any atom is -0.481 e. The molecule has 0 radical (unpaired) electrons. The van der Waals surface area contributed by atoms with Gasteiger partial charge < -0.3 is 9.52 Å². The van der Waals surface area contributed by atoms with Gasteiger partial charge in [0.1, 0.15) is 0 Å². The van der Waals surface area contributed by atoms with Crippen LogP contribution in [0.15, 0.2) is 4.42 Å². The van der Waals surface area contributed by atoms with Crippen LogP contribution in [0.2, 0.25) is 0 Å². The van der Waals surface area contributed by atoms with Gasteiger partial charge in [-0.1, -0.05) is 26.2 Å². The number of aromatic nitrogens is 2. The molecule has 0 bridgehead atoms. The average molecular weight is 252 g/mol. The highest BCUT2D eigenvalue weighted by Gasteiger charge is 2.34. The molecule has 5 nitrogen and oxygen atoms in total. The molecule has 1 saturated carbocycles. The molecular formula is C13H20N2O3. The van der Waals surface area contributed by atoms with Crippen LogP contribution in [0.25, 0.3) is 0 Å². The third kappa shape index (κ3) is 3.09. The maximum atomic E-state index is 10.4. The van der Waals surface area contributed by atoms with E-state index in [4.69, 9.17) is 9.52 Å². The highest BCUT2D eigenvalue weighted by molar-refractivity contribution is 5.66. The van der Waals surface area contributed by atoms with Crippen molar-refractivity contribution in [2.24, 2.45) is 0 Å². The first-order valence-electron chi connectivity index (χ1n) is 6.65. The summed E-state index contributed by atoms with van der Waals surface area (Å²) in [6.45, 7) is 2.18. The molecule has 0 amide bonds. The van der Waals surface area contributed by atoms with Gasteiger partial charge in [0.15, 0.2) is 0 Å². The Morgan fingerprint density at radius 3 is 2.72 bits per heavy atom. The smallest absolute Gasteiger partial charge is 0.303 e. The molecule has 0 spiro atoms. The third-order valence-electron chi connectivity index (χ3n) is 3.72. The maximum Gasteiger partial charge on any atom is 0.303 e. The summed E-state index contributed by atoms with van der Waals surface area (Å²) in [5.74, 6) is 0.513. The Balaban J connectivity index is 1.94. The van der Waals surface area contributed by atoms with E-state index in [2.05, 4.69) is 17.1 Å². The summed E-state index contributed by atoms with van der Waals surface area (Å²) in [6, 6.07) is 0. The van der Waals surface area contributed by atoms with E-state index in [0.29, 0.717) is 18.7 Å². The van der Waals surface area contributed by atoms with Crippen molar-refractivity contribution in [1.82, 2.24) is 10.2 Å². The molecule has 1 heterocycles. The number of aryl methyl sites for hydroxylation is 1. The monoisotopic (exact) mass is 252 g/mol. The van der Waals surface area contributed by atoms with Crippen LogP contribution in [0.3, 0.4) is 0 Å². The number of aliphatic carboxylic acids is 1. The van der Waals surface area contributed by atoms with Gasteiger partial charge in [0, 0.05) is 18.3 Å². The predicted octanol–water partition coefficient (Wildman–Crippen LogP) is 2.70. The second-order valence-corrected chi connectivity index (χ2v) is 5.37. The van der Waals surface area contributed by atoms with Crippen LogP contribution in [-0.4, -0.2) is 21.3 Å². The molecule has 0 atom stereocenters. The van der Waals surface area contributed by atoms with Crippen LogP contribution in [0.1, 0.15) is 63.7 Å². The van der Waals surface area contributed by atoms with Crippen LogP contribution < -0.4 is 0 Å². The summed E-state index contributed by atoms with van der Waals surface area (Å²) in [5.41, 5.74) is 0.0241. The highest BCUT2D eigenvalue weighted by atomic mass is 16.4. The maximum absolute atomic E-state index is 10.4. The zero-order valence-electron chi connectivity index (χ0n) is 10.8. The van der Waals surface area contributed by atoms with Gasteiger partial charge in [0.25, 0.3) is 0 Å². The van der Waals surface area contributed by atoms with Crippen molar-refractivity contribution < 1.29 is 14.3 Å². The normalized spacial score (nSPS) is 18.7. The molecule has 1 N–H and O–H groups in total. The molecule has 1 aromatic heterocycles. The molecule has 0 aromatic carbocycles. The molecule has 100 valence electrons. The van der Waals surface area contributed by atoms with E-state index in [1.165, 1.54) is 19.3 Å². The fraction of sp³-hybridized carbons (Fsp3) is 0.769. The average Bonchev–Trinajstić information content (AvgIpc) is 2.79. The van der Waals surface area contributed by atoms with E-state index in [0.717, 1.165) is 18.7 Å². The van der Waals surface area contributed by atoms with Crippen molar-refractivity contribution in [3.63, 3.8) is 0 Å². The van der Waals surface area contributed by atoms with E-state index in [9.17, 15) is 4.79 Å². The van der Waals surface area contributed by atoms with Crippen molar-refractivity contribution in [2.75, 3.05) is 0 Å². The SMILES string of the molecule is CC1(c2nnc(CCCC(=O)O)o2)CCCCC1. The number of carboxylic acids is 1. The molecule has 2 rings (SSSR count). The molecule has 1 aromatic rings. The Morgan fingerprint density at radius 2 is 2.06 bits per heavy atom. The summed E-state index contributed by atoms with van der Waals surface area (Å²) in [4.78, 5) is 10.4. The minimum atomic E-state index is -0.783. The third-order valence-corrected chi connectivity index (χ3v) is 3.72. The van der Waals surface area contributed by atoms with Crippen molar-refractivity contribution in [3.05, 3.63) is 11.8 Å². The topological polar surface area (TPSA) is 76.2 Å². The van der Waals surface area contributed by atoms with Gasteiger partial charge in [-0.25, -0.2) is 0 Å². The summed E-state index contributed by atoms with van der Waals surface area (Å²) in [5, 5.41) is 16.7. The predicted molar refractivity (Wildman–Crippen MR) is 65.3 cm³/mol. The molecule has 0 aliphatic heterocycles. The van der Waals surface area contributed by atoms with Gasteiger partial charge in [-0.3, -0.25) is 4.79 Å². The van der Waals surface area contributed by atoms with E-state index in [1.54, 1.807) is 0 Å². The number of hydrogen-bond donors (Lipinski definition) is 1. The first-order chi connectivity index (χ1) is 8.60. The molecule has 0 unspecified atom stereocenters. The lowest BCUT2D eigenvalue weighted by atomic mass is 9.76. The summed E-state index contributed by atoms with van der Waals surface area (Å²) in [7, 11) is 0. The fourth-order valence-electron chi connectivity index (χ4n) is 2.54. The molecule has 1 fully saturated rings. The van der Waals surface area contributed by atoms with Crippen LogP contribution in [0, 0.1) is 0 Å². The lowest BCUT2D eigenvalue weighted by molar-refractivity contribution is -0.137. The number of rotatable bonds is 5. The van der Waals surface area contributed by atoms with Gasteiger partial charge in [0.2, 0.25) is 11.8 Å². The zero-order valence-corrected chi connectivity index (χ0v) is 10.8. The Labute approximate surface area is 107 Å². The van der Waals surface area contributed by atoms with Gasteiger partial charge in [-0.15, -0.1) is 10.2 Å². The summed E-state index contributed by atoms with van der Waals surface area (Å²) < 4.78 is 5.69. The number of nitrogens with zero attached hydrogens (tertiary/aromatic N) is 2. The number of carboxylic acid groups (broad SMARTS) is 1.